The Kier molecular flexibility index (Phi) is 5.58. The van der Waals surface area contributed by atoms with Crippen LogP contribution in [0, 0.1) is 5.82 Å². The number of anilines is 1. The van der Waals surface area contributed by atoms with Gasteiger partial charge in [-0.2, -0.15) is 0 Å². The first-order valence-corrected chi connectivity index (χ1v) is 7.34. The van der Waals surface area contributed by atoms with Crippen molar-refractivity contribution >= 4 is 40.8 Å². The molecule has 23 heavy (non-hydrogen) atoms. The summed E-state index contributed by atoms with van der Waals surface area (Å²) >= 11 is 11.7. The Balaban J connectivity index is 1.99. The van der Waals surface area contributed by atoms with E-state index in [-0.39, 0.29) is 5.56 Å². The molecular formula is C16H12Cl2FNO3. The molecule has 1 unspecified atom stereocenters. The summed E-state index contributed by atoms with van der Waals surface area (Å²) in [5.41, 5.74) is 0.536. The molecule has 2 aromatic rings. The second-order valence-corrected chi connectivity index (χ2v) is 5.57. The van der Waals surface area contributed by atoms with Crippen LogP contribution in [-0.4, -0.2) is 18.0 Å². The molecule has 0 heterocycles. The monoisotopic (exact) mass is 355 g/mol. The molecule has 7 heteroatoms. The van der Waals surface area contributed by atoms with Gasteiger partial charge in [0.15, 0.2) is 6.10 Å². The lowest BCUT2D eigenvalue weighted by atomic mass is 10.2. The van der Waals surface area contributed by atoms with Gasteiger partial charge >= 0.3 is 5.97 Å². The molecular weight excluding hydrogens is 344 g/mol. The Morgan fingerprint density at radius 2 is 1.65 bits per heavy atom. The number of amides is 1. The zero-order valence-electron chi connectivity index (χ0n) is 12.0. The molecule has 1 N–H and O–H groups in total. The predicted molar refractivity (Wildman–Crippen MR) is 86.4 cm³/mol. The Morgan fingerprint density at radius 3 is 2.22 bits per heavy atom. The van der Waals surface area contributed by atoms with Crippen LogP contribution in [0.25, 0.3) is 0 Å². The number of carbonyl (C=O) groups is 2. The van der Waals surface area contributed by atoms with Crippen molar-refractivity contribution in [1.29, 1.82) is 0 Å². The summed E-state index contributed by atoms with van der Waals surface area (Å²) in [7, 11) is 0. The van der Waals surface area contributed by atoms with Crippen LogP contribution >= 0.6 is 23.2 Å². The first-order valence-electron chi connectivity index (χ1n) is 6.58. The highest BCUT2D eigenvalue weighted by Crippen LogP contribution is 2.22. The van der Waals surface area contributed by atoms with E-state index in [9.17, 15) is 14.0 Å². The number of halogens is 3. The lowest BCUT2D eigenvalue weighted by Gasteiger charge is -2.14. The van der Waals surface area contributed by atoms with Crippen LogP contribution in [0.4, 0.5) is 10.1 Å². The lowest BCUT2D eigenvalue weighted by molar-refractivity contribution is -0.123. The maximum Gasteiger partial charge on any atom is 0.338 e. The third-order valence-corrected chi connectivity index (χ3v) is 3.30. The van der Waals surface area contributed by atoms with Gasteiger partial charge in [0, 0.05) is 15.7 Å². The number of benzene rings is 2. The van der Waals surface area contributed by atoms with Crippen molar-refractivity contribution in [2.75, 3.05) is 5.32 Å². The van der Waals surface area contributed by atoms with Gasteiger partial charge in [-0.05, 0) is 49.4 Å². The predicted octanol–water partition coefficient (Wildman–Crippen LogP) is 4.32. The molecule has 0 aliphatic heterocycles. The number of rotatable bonds is 4. The molecule has 0 fully saturated rings. The van der Waals surface area contributed by atoms with Crippen LogP contribution in [0.15, 0.2) is 42.5 Å². The van der Waals surface area contributed by atoms with Crippen molar-refractivity contribution < 1.29 is 18.7 Å². The molecule has 120 valence electrons. The van der Waals surface area contributed by atoms with E-state index in [0.717, 1.165) is 12.1 Å². The van der Waals surface area contributed by atoms with Crippen molar-refractivity contribution in [1.82, 2.24) is 0 Å². The second kappa shape index (κ2) is 7.44. The summed E-state index contributed by atoms with van der Waals surface area (Å²) in [6.07, 6.45) is -1.05. The summed E-state index contributed by atoms with van der Waals surface area (Å²) in [6.45, 7) is 1.42. The standard InChI is InChI=1S/C16H12Cl2FNO3/c1-9(23-16(22)10-2-4-13(19)5-3-10)15(21)20-14-7-11(17)6-12(18)8-14/h2-9H,1H3,(H,20,21). The van der Waals surface area contributed by atoms with Crippen molar-refractivity contribution in [3.8, 4) is 0 Å². The molecule has 0 saturated heterocycles. The van der Waals surface area contributed by atoms with E-state index in [1.807, 2.05) is 0 Å². The van der Waals surface area contributed by atoms with E-state index in [2.05, 4.69) is 5.32 Å². The highest BCUT2D eigenvalue weighted by molar-refractivity contribution is 6.35. The fourth-order valence-electron chi connectivity index (χ4n) is 1.74. The summed E-state index contributed by atoms with van der Waals surface area (Å²) in [6, 6.07) is 9.37. The molecule has 0 spiro atoms. The van der Waals surface area contributed by atoms with Crippen LogP contribution in [0.1, 0.15) is 17.3 Å². The molecule has 0 aliphatic carbocycles. The van der Waals surface area contributed by atoms with Gasteiger partial charge in [-0.3, -0.25) is 4.79 Å². The van der Waals surface area contributed by atoms with E-state index >= 15 is 0 Å². The smallest absolute Gasteiger partial charge is 0.338 e. The van der Waals surface area contributed by atoms with Gasteiger partial charge in [0.25, 0.3) is 5.91 Å². The zero-order chi connectivity index (χ0) is 17.0. The number of ether oxygens (including phenoxy) is 1. The summed E-state index contributed by atoms with van der Waals surface area (Å²) < 4.78 is 17.8. The highest BCUT2D eigenvalue weighted by Gasteiger charge is 2.19. The van der Waals surface area contributed by atoms with Gasteiger partial charge < -0.3 is 10.1 Å². The van der Waals surface area contributed by atoms with E-state index in [0.29, 0.717) is 15.7 Å². The van der Waals surface area contributed by atoms with Gasteiger partial charge in [0.1, 0.15) is 5.82 Å². The number of carbonyl (C=O) groups excluding carboxylic acids is 2. The minimum absolute atomic E-state index is 0.150. The minimum atomic E-state index is -1.05. The maximum absolute atomic E-state index is 12.8. The van der Waals surface area contributed by atoms with E-state index < -0.39 is 23.8 Å². The third kappa shape index (κ3) is 4.94. The van der Waals surface area contributed by atoms with Crippen molar-refractivity contribution in [3.05, 3.63) is 63.9 Å². The topological polar surface area (TPSA) is 55.4 Å². The van der Waals surface area contributed by atoms with Gasteiger partial charge in [-0.1, -0.05) is 23.2 Å². The first kappa shape index (κ1) is 17.2. The van der Waals surface area contributed by atoms with Crippen LogP contribution in [0.5, 0.6) is 0 Å². The molecule has 1 amide bonds. The molecule has 4 nitrogen and oxygen atoms in total. The van der Waals surface area contributed by atoms with Crippen LogP contribution < -0.4 is 5.32 Å². The van der Waals surface area contributed by atoms with Crippen molar-refractivity contribution in [2.45, 2.75) is 13.0 Å². The van der Waals surface area contributed by atoms with Crippen LogP contribution in [0.3, 0.4) is 0 Å². The summed E-state index contributed by atoms with van der Waals surface area (Å²) in [4.78, 5) is 23.9. The summed E-state index contributed by atoms with van der Waals surface area (Å²) in [5.74, 6) is -1.74. The molecule has 0 radical (unpaired) electrons. The van der Waals surface area contributed by atoms with Gasteiger partial charge in [0.2, 0.25) is 0 Å². The van der Waals surface area contributed by atoms with Gasteiger partial charge in [-0.15, -0.1) is 0 Å². The zero-order valence-corrected chi connectivity index (χ0v) is 13.5. The largest absolute Gasteiger partial charge is 0.449 e. The summed E-state index contributed by atoms with van der Waals surface area (Å²) in [5, 5.41) is 3.27. The fourth-order valence-corrected chi connectivity index (χ4v) is 2.26. The van der Waals surface area contributed by atoms with Gasteiger partial charge in [-0.25, -0.2) is 9.18 Å². The van der Waals surface area contributed by atoms with Crippen LogP contribution in [0.2, 0.25) is 10.0 Å². The maximum atomic E-state index is 12.8. The van der Waals surface area contributed by atoms with Gasteiger partial charge in [0.05, 0.1) is 5.56 Å². The number of nitrogens with one attached hydrogen (secondary N) is 1. The Labute approximate surface area is 142 Å². The van der Waals surface area contributed by atoms with Crippen molar-refractivity contribution in [3.63, 3.8) is 0 Å². The molecule has 0 aromatic heterocycles. The molecule has 1 atom stereocenters. The molecule has 2 rings (SSSR count). The Bertz CT molecular complexity index is 714. The number of esters is 1. The molecule has 2 aromatic carbocycles. The second-order valence-electron chi connectivity index (χ2n) is 4.70. The van der Waals surface area contributed by atoms with E-state index in [4.69, 9.17) is 27.9 Å². The third-order valence-electron chi connectivity index (χ3n) is 2.86. The highest BCUT2D eigenvalue weighted by atomic mass is 35.5. The van der Waals surface area contributed by atoms with Crippen molar-refractivity contribution in [2.24, 2.45) is 0 Å². The average molecular weight is 356 g/mol. The fraction of sp³-hybridized carbons (Fsp3) is 0.125. The Morgan fingerprint density at radius 1 is 1.09 bits per heavy atom. The normalized spacial score (nSPS) is 11.7. The van der Waals surface area contributed by atoms with Crippen LogP contribution in [-0.2, 0) is 9.53 Å². The minimum Gasteiger partial charge on any atom is -0.449 e. The molecule has 0 aliphatic rings. The lowest BCUT2D eigenvalue weighted by Crippen LogP contribution is -2.30. The first-order chi connectivity index (χ1) is 10.8. The Hall–Kier alpha value is -2.11. The number of hydrogen-bond acceptors (Lipinski definition) is 3. The quantitative estimate of drug-likeness (QED) is 0.831. The van der Waals surface area contributed by atoms with E-state index in [1.165, 1.54) is 37.3 Å². The number of hydrogen-bond donors (Lipinski definition) is 1. The average Bonchev–Trinajstić information content (AvgIpc) is 2.46. The molecule has 0 saturated carbocycles. The SMILES string of the molecule is CC(OC(=O)c1ccc(F)cc1)C(=O)Nc1cc(Cl)cc(Cl)c1. The van der Waals surface area contributed by atoms with E-state index in [1.54, 1.807) is 0 Å². The molecule has 0 bridgehead atoms.